The number of aromatic nitrogens is 6. The minimum atomic E-state index is -0.178. The fourth-order valence-electron chi connectivity index (χ4n) is 2.72. The summed E-state index contributed by atoms with van der Waals surface area (Å²) in [4.78, 5) is 16.8. The summed E-state index contributed by atoms with van der Waals surface area (Å²) in [5, 5.41) is 22.3. The molecule has 1 N–H and O–H groups in total. The molecule has 10 heteroatoms. The van der Waals surface area contributed by atoms with E-state index in [1.807, 2.05) is 35.9 Å². The van der Waals surface area contributed by atoms with Crippen LogP contribution >= 0.6 is 23.1 Å². The summed E-state index contributed by atoms with van der Waals surface area (Å²) in [7, 11) is 1.95. The quantitative estimate of drug-likeness (QED) is 0.512. The number of carbonyl (C=O) groups is 1. The second-order valence-corrected chi connectivity index (χ2v) is 9.26. The number of anilines is 1. The van der Waals surface area contributed by atoms with Gasteiger partial charge in [0, 0.05) is 17.8 Å². The number of benzene rings is 1. The zero-order valence-electron chi connectivity index (χ0n) is 15.9. The normalized spacial score (nSPS) is 12.0. The van der Waals surface area contributed by atoms with Crippen LogP contribution in [-0.2, 0) is 17.3 Å². The molecule has 0 saturated carbocycles. The van der Waals surface area contributed by atoms with E-state index in [9.17, 15) is 4.79 Å². The van der Waals surface area contributed by atoms with Gasteiger partial charge in [-0.25, -0.2) is 4.98 Å². The van der Waals surface area contributed by atoms with Crippen LogP contribution in [0, 0.1) is 0 Å². The highest BCUT2D eigenvalue weighted by molar-refractivity contribution is 7.99. The Morgan fingerprint density at radius 2 is 1.96 bits per heavy atom. The second kappa shape index (κ2) is 7.10. The molecule has 0 fully saturated rings. The molecule has 1 aromatic carbocycles. The van der Waals surface area contributed by atoms with E-state index in [1.165, 1.54) is 23.1 Å². The van der Waals surface area contributed by atoms with Crippen LogP contribution in [-0.4, -0.2) is 41.6 Å². The highest BCUT2D eigenvalue weighted by Gasteiger charge is 2.20. The van der Waals surface area contributed by atoms with Gasteiger partial charge in [0.2, 0.25) is 16.2 Å². The third kappa shape index (κ3) is 3.57. The SMILES string of the molecule is Cn1c2ccccc2c2nnc(SCC(=O)Nc3nnc(C(C)(C)C)s3)nc21. The van der Waals surface area contributed by atoms with Gasteiger partial charge in [0.1, 0.15) is 10.5 Å². The summed E-state index contributed by atoms with van der Waals surface area (Å²) in [5.74, 6) is -0.0102. The van der Waals surface area contributed by atoms with Crippen LogP contribution in [0.5, 0.6) is 0 Å². The molecule has 28 heavy (non-hydrogen) atoms. The molecule has 0 radical (unpaired) electrons. The first-order valence-electron chi connectivity index (χ1n) is 8.67. The van der Waals surface area contributed by atoms with Crippen LogP contribution in [0.1, 0.15) is 25.8 Å². The molecule has 0 unspecified atom stereocenters. The van der Waals surface area contributed by atoms with Crippen molar-refractivity contribution < 1.29 is 4.79 Å². The first kappa shape index (κ1) is 18.8. The predicted molar refractivity (Wildman–Crippen MR) is 112 cm³/mol. The second-order valence-electron chi connectivity index (χ2n) is 7.34. The number of hydrogen-bond donors (Lipinski definition) is 1. The average molecular weight is 414 g/mol. The Hall–Kier alpha value is -2.59. The zero-order valence-corrected chi connectivity index (χ0v) is 17.6. The first-order chi connectivity index (χ1) is 13.3. The molecule has 144 valence electrons. The Labute approximate surface area is 169 Å². The average Bonchev–Trinajstić information content (AvgIpc) is 3.24. The van der Waals surface area contributed by atoms with Gasteiger partial charge in [0.05, 0.1) is 11.3 Å². The van der Waals surface area contributed by atoms with Gasteiger partial charge in [0.15, 0.2) is 5.65 Å². The number of para-hydroxylation sites is 1. The Morgan fingerprint density at radius 3 is 2.71 bits per heavy atom. The number of rotatable bonds is 4. The zero-order chi connectivity index (χ0) is 19.9. The molecule has 3 heterocycles. The van der Waals surface area contributed by atoms with Crippen molar-refractivity contribution in [1.29, 1.82) is 0 Å². The molecule has 8 nitrogen and oxygen atoms in total. The van der Waals surface area contributed by atoms with Crippen molar-refractivity contribution >= 4 is 56.2 Å². The topological polar surface area (TPSA) is 98.5 Å². The van der Waals surface area contributed by atoms with Crippen molar-refractivity contribution in [2.45, 2.75) is 31.3 Å². The highest BCUT2D eigenvalue weighted by Crippen LogP contribution is 2.28. The predicted octanol–water partition coefficient (Wildman–Crippen LogP) is 3.40. The van der Waals surface area contributed by atoms with Crippen molar-refractivity contribution in [1.82, 2.24) is 29.9 Å². The lowest BCUT2D eigenvalue weighted by Gasteiger charge is -2.12. The van der Waals surface area contributed by atoms with Gasteiger partial charge in [-0.1, -0.05) is 62.1 Å². The molecule has 0 aliphatic rings. The number of fused-ring (bicyclic) bond motifs is 3. The van der Waals surface area contributed by atoms with Crippen LogP contribution in [0.4, 0.5) is 5.13 Å². The van der Waals surface area contributed by atoms with E-state index in [0.717, 1.165) is 27.1 Å². The van der Waals surface area contributed by atoms with Gasteiger partial charge in [-0.2, -0.15) is 0 Å². The molecule has 1 amide bonds. The monoisotopic (exact) mass is 413 g/mol. The summed E-state index contributed by atoms with van der Waals surface area (Å²) < 4.78 is 1.98. The number of nitrogens with zero attached hydrogens (tertiary/aromatic N) is 6. The van der Waals surface area contributed by atoms with Crippen LogP contribution in [0.25, 0.3) is 22.1 Å². The van der Waals surface area contributed by atoms with Crippen molar-refractivity contribution in [2.24, 2.45) is 7.05 Å². The molecule has 0 bridgehead atoms. The lowest BCUT2D eigenvalue weighted by molar-refractivity contribution is -0.113. The Bertz CT molecular complexity index is 1180. The summed E-state index contributed by atoms with van der Waals surface area (Å²) in [6.07, 6.45) is 0. The highest BCUT2D eigenvalue weighted by atomic mass is 32.2. The van der Waals surface area contributed by atoms with Gasteiger partial charge in [-0.3, -0.25) is 10.1 Å². The molecule has 4 aromatic rings. The molecular weight excluding hydrogens is 394 g/mol. The van der Waals surface area contributed by atoms with Crippen LogP contribution in [0.15, 0.2) is 29.4 Å². The van der Waals surface area contributed by atoms with Gasteiger partial charge in [0.25, 0.3) is 0 Å². The Morgan fingerprint density at radius 1 is 1.18 bits per heavy atom. The smallest absolute Gasteiger partial charge is 0.236 e. The standard InChI is InChI=1S/C18H19N7OS2/c1-18(2,3)15-22-24-17(28-15)19-12(26)9-27-16-20-14-13(21-23-16)10-7-5-6-8-11(10)25(14)4/h5-8H,9H2,1-4H3,(H,19,24,26). The van der Waals surface area contributed by atoms with Crippen LogP contribution < -0.4 is 5.32 Å². The minimum Gasteiger partial charge on any atom is -0.327 e. The molecule has 0 aliphatic carbocycles. The van der Waals surface area contributed by atoms with Crippen molar-refractivity contribution in [3.8, 4) is 0 Å². The van der Waals surface area contributed by atoms with Gasteiger partial charge in [-0.15, -0.1) is 20.4 Å². The Balaban J connectivity index is 1.46. The van der Waals surface area contributed by atoms with Gasteiger partial charge < -0.3 is 4.57 Å². The molecule has 0 aliphatic heterocycles. The van der Waals surface area contributed by atoms with Gasteiger partial charge >= 0.3 is 0 Å². The number of carbonyl (C=O) groups excluding carboxylic acids is 1. The maximum absolute atomic E-state index is 12.2. The molecule has 4 rings (SSSR count). The van der Waals surface area contributed by atoms with E-state index in [-0.39, 0.29) is 17.1 Å². The maximum atomic E-state index is 12.2. The van der Waals surface area contributed by atoms with E-state index in [2.05, 4.69) is 51.5 Å². The fourth-order valence-corrected chi connectivity index (χ4v) is 4.11. The fraction of sp³-hybridized carbons (Fsp3) is 0.333. The van der Waals surface area contributed by atoms with E-state index in [4.69, 9.17) is 0 Å². The molecule has 0 saturated heterocycles. The molecular formula is C18H19N7OS2. The van der Waals surface area contributed by atoms with Crippen LogP contribution in [0.3, 0.4) is 0 Å². The van der Waals surface area contributed by atoms with Crippen molar-refractivity contribution in [2.75, 3.05) is 11.1 Å². The molecule has 0 spiro atoms. The van der Waals surface area contributed by atoms with E-state index in [0.29, 0.717) is 10.3 Å². The number of amides is 1. The number of aryl methyl sites for hydroxylation is 1. The van der Waals surface area contributed by atoms with E-state index >= 15 is 0 Å². The van der Waals surface area contributed by atoms with E-state index in [1.54, 1.807) is 0 Å². The maximum Gasteiger partial charge on any atom is 0.236 e. The first-order valence-corrected chi connectivity index (χ1v) is 10.5. The number of nitrogens with one attached hydrogen (secondary N) is 1. The Kier molecular flexibility index (Phi) is 4.76. The molecule has 3 aromatic heterocycles. The third-order valence-corrected chi connectivity index (χ3v) is 6.23. The molecule has 0 atom stereocenters. The van der Waals surface area contributed by atoms with Crippen molar-refractivity contribution in [3.63, 3.8) is 0 Å². The van der Waals surface area contributed by atoms with Crippen molar-refractivity contribution in [3.05, 3.63) is 29.3 Å². The number of thioether (sulfide) groups is 1. The third-order valence-electron chi connectivity index (χ3n) is 4.13. The summed E-state index contributed by atoms with van der Waals surface area (Å²) in [6.45, 7) is 6.17. The van der Waals surface area contributed by atoms with Crippen LogP contribution in [0.2, 0.25) is 0 Å². The lowest BCUT2D eigenvalue weighted by Crippen LogP contribution is -2.14. The minimum absolute atomic E-state index is 0.0943. The summed E-state index contributed by atoms with van der Waals surface area (Å²) in [6, 6.07) is 7.97. The van der Waals surface area contributed by atoms with E-state index < -0.39 is 0 Å². The summed E-state index contributed by atoms with van der Waals surface area (Å²) in [5.41, 5.74) is 2.46. The lowest BCUT2D eigenvalue weighted by atomic mass is 9.98. The largest absolute Gasteiger partial charge is 0.327 e. The number of hydrogen-bond acceptors (Lipinski definition) is 8. The van der Waals surface area contributed by atoms with Gasteiger partial charge in [-0.05, 0) is 6.07 Å². The summed E-state index contributed by atoms with van der Waals surface area (Å²) >= 11 is 2.63.